The highest BCUT2D eigenvalue weighted by Gasteiger charge is 2.06. The van der Waals surface area contributed by atoms with Crippen molar-refractivity contribution in [1.29, 1.82) is 0 Å². The molecule has 1 aromatic rings. The molecule has 1 rings (SSSR count). The molecule has 0 spiro atoms. The van der Waals surface area contributed by atoms with Crippen LogP contribution in [0, 0.1) is 0 Å². The van der Waals surface area contributed by atoms with E-state index < -0.39 is 10.0 Å². The fourth-order valence-corrected chi connectivity index (χ4v) is 2.13. The minimum absolute atomic E-state index is 0.00728. The molecule has 0 bridgehead atoms. The van der Waals surface area contributed by atoms with E-state index in [0.29, 0.717) is 18.0 Å². The predicted octanol–water partition coefficient (Wildman–Crippen LogP) is 1.67. The van der Waals surface area contributed by atoms with E-state index in [1.807, 2.05) is 31.2 Å². The molecule has 96 valence electrons. The molecule has 0 aromatic heterocycles. The van der Waals surface area contributed by atoms with Crippen molar-refractivity contribution in [3.8, 4) is 0 Å². The van der Waals surface area contributed by atoms with Crippen molar-refractivity contribution in [3.05, 3.63) is 34.9 Å². The predicted molar refractivity (Wildman–Crippen MR) is 70.5 cm³/mol. The SMILES string of the molecule is CC(NCCCS(N)(=O)=O)c1ccc(Cl)cc1. The molecule has 1 atom stereocenters. The molecule has 0 fully saturated rings. The lowest BCUT2D eigenvalue weighted by atomic mass is 10.1. The quantitative estimate of drug-likeness (QED) is 0.777. The molecule has 0 saturated heterocycles. The number of nitrogens with two attached hydrogens (primary N) is 1. The Hall–Kier alpha value is -0.620. The maximum absolute atomic E-state index is 10.7. The molecule has 0 aliphatic rings. The highest BCUT2D eigenvalue weighted by Crippen LogP contribution is 2.15. The summed E-state index contributed by atoms with van der Waals surface area (Å²) in [5, 5.41) is 8.84. The van der Waals surface area contributed by atoms with E-state index in [-0.39, 0.29) is 11.8 Å². The summed E-state index contributed by atoms with van der Waals surface area (Å²) in [5.74, 6) is 0.00728. The Kier molecular flexibility index (Phi) is 5.39. The van der Waals surface area contributed by atoms with Gasteiger partial charge in [-0.2, -0.15) is 0 Å². The summed E-state index contributed by atoms with van der Waals surface area (Å²) in [6, 6.07) is 7.71. The second-order valence-electron chi connectivity index (χ2n) is 3.95. The molecule has 4 nitrogen and oxygen atoms in total. The van der Waals surface area contributed by atoms with Gasteiger partial charge in [-0.1, -0.05) is 23.7 Å². The first kappa shape index (κ1) is 14.4. The van der Waals surface area contributed by atoms with E-state index >= 15 is 0 Å². The number of nitrogens with one attached hydrogen (secondary N) is 1. The Labute approximate surface area is 107 Å². The molecule has 3 N–H and O–H groups in total. The number of rotatable bonds is 6. The zero-order valence-corrected chi connectivity index (χ0v) is 11.3. The third kappa shape index (κ3) is 6.02. The number of halogens is 1. The van der Waals surface area contributed by atoms with Crippen molar-refractivity contribution in [1.82, 2.24) is 5.32 Å². The second kappa shape index (κ2) is 6.35. The highest BCUT2D eigenvalue weighted by molar-refractivity contribution is 7.89. The number of sulfonamides is 1. The summed E-state index contributed by atoms with van der Waals surface area (Å²) in [6.07, 6.45) is 0.511. The first-order valence-electron chi connectivity index (χ1n) is 5.38. The molecule has 0 saturated carbocycles. The average Bonchev–Trinajstić information content (AvgIpc) is 2.24. The first-order chi connectivity index (χ1) is 7.88. The van der Waals surface area contributed by atoms with Crippen LogP contribution in [0.2, 0.25) is 5.02 Å². The standard InChI is InChI=1S/C11H17ClN2O2S/c1-9(10-3-5-11(12)6-4-10)14-7-2-8-17(13,15)16/h3-6,9,14H,2,7-8H2,1H3,(H2,13,15,16). The van der Waals surface area contributed by atoms with Crippen LogP contribution < -0.4 is 10.5 Å². The number of primary sulfonamides is 1. The number of hydrogen-bond donors (Lipinski definition) is 2. The fourth-order valence-electron chi connectivity index (χ4n) is 1.46. The van der Waals surface area contributed by atoms with Gasteiger partial charge < -0.3 is 5.32 Å². The topological polar surface area (TPSA) is 72.2 Å². The molecule has 1 unspecified atom stereocenters. The molecular weight excluding hydrogens is 260 g/mol. The lowest BCUT2D eigenvalue weighted by Gasteiger charge is -2.13. The van der Waals surface area contributed by atoms with Crippen LogP contribution in [-0.2, 0) is 10.0 Å². The van der Waals surface area contributed by atoms with Gasteiger partial charge >= 0.3 is 0 Å². The summed E-state index contributed by atoms with van der Waals surface area (Å²) in [5.41, 5.74) is 1.12. The minimum atomic E-state index is -3.35. The van der Waals surface area contributed by atoms with Gasteiger partial charge in [0, 0.05) is 11.1 Å². The molecule has 0 heterocycles. The maximum atomic E-state index is 10.7. The van der Waals surface area contributed by atoms with Gasteiger partial charge in [-0.15, -0.1) is 0 Å². The van der Waals surface area contributed by atoms with Gasteiger partial charge in [-0.25, -0.2) is 13.6 Å². The molecule has 0 amide bonds. The Balaban J connectivity index is 2.35. The van der Waals surface area contributed by atoms with Gasteiger partial charge in [-0.3, -0.25) is 0 Å². The fraction of sp³-hybridized carbons (Fsp3) is 0.455. The van der Waals surface area contributed by atoms with Crippen molar-refractivity contribution in [2.45, 2.75) is 19.4 Å². The maximum Gasteiger partial charge on any atom is 0.209 e. The van der Waals surface area contributed by atoms with Crippen LogP contribution in [-0.4, -0.2) is 20.7 Å². The van der Waals surface area contributed by atoms with Gasteiger partial charge in [0.2, 0.25) is 10.0 Å². The van der Waals surface area contributed by atoms with Gasteiger partial charge in [0.25, 0.3) is 0 Å². The van der Waals surface area contributed by atoms with Crippen molar-refractivity contribution in [2.24, 2.45) is 5.14 Å². The number of hydrogen-bond acceptors (Lipinski definition) is 3. The second-order valence-corrected chi connectivity index (χ2v) is 6.12. The van der Waals surface area contributed by atoms with Gasteiger partial charge in [-0.05, 0) is 37.6 Å². The summed E-state index contributed by atoms with van der Waals surface area (Å²) in [6.45, 7) is 2.63. The van der Waals surface area contributed by atoms with Crippen molar-refractivity contribution < 1.29 is 8.42 Å². The molecule has 0 aliphatic carbocycles. The van der Waals surface area contributed by atoms with Crippen LogP contribution in [0.3, 0.4) is 0 Å². The van der Waals surface area contributed by atoms with Gasteiger partial charge in [0.1, 0.15) is 0 Å². The van der Waals surface area contributed by atoms with Crippen molar-refractivity contribution in [2.75, 3.05) is 12.3 Å². The monoisotopic (exact) mass is 276 g/mol. The summed E-state index contributed by atoms with van der Waals surface area (Å²) < 4.78 is 21.4. The molecule has 6 heteroatoms. The zero-order valence-electron chi connectivity index (χ0n) is 9.69. The van der Waals surface area contributed by atoms with E-state index in [9.17, 15) is 8.42 Å². The normalized spacial score (nSPS) is 13.6. The summed E-state index contributed by atoms with van der Waals surface area (Å²) >= 11 is 5.79. The smallest absolute Gasteiger partial charge is 0.209 e. The zero-order chi connectivity index (χ0) is 12.9. The Morgan fingerprint density at radius 1 is 1.35 bits per heavy atom. The number of benzene rings is 1. The lowest BCUT2D eigenvalue weighted by Crippen LogP contribution is -2.24. The van der Waals surface area contributed by atoms with Crippen LogP contribution in [0.25, 0.3) is 0 Å². The third-order valence-corrected chi connectivity index (χ3v) is 3.54. The lowest BCUT2D eigenvalue weighted by molar-refractivity contribution is 0.561. The molecule has 0 radical (unpaired) electrons. The molecular formula is C11H17ClN2O2S. The minimum Gasteiger partial charge on any atom is -0.310 e. The Morgan fingerprint density at radius 2 is 1.94 bits per heavy atom. The highest BCUT2D eigenvalue weighted by atomic mass is 35.5. The largest absolute Gasteiger partial charge is 0.310 e. The summed E-state index contributed by atoms with van der Waals surface area (Å²) in [7, 11) is -3.35. The average molecular weight is 277 g/mol. The van der Waals surface area contributed by atoms with E-state index in [0.717, 1.165) is 5.56 Å². The molecule has 0 aliphatic heterocycles. The van der Waals surface area contributed by atoms with Gasteiger partial charge in [0.05, 0.1) is 5.75 Å². The van der Waals surface area contributed by atoms with Crippen LogP contribution >= 0.6 is 11.6 Å². The third-order valence-electron chi connectivity index (χ3n) is 2.43. The first-order valence-corrected chi connectivity index (χ1v) is 7.47. The van der Waals surface area contributed by atoms with E-state index in [2.05, 4.69) is 5.32 Å². The van der Waals surface area contributed by atoms with Crippen LogP contribution in [0.15, 0.2) is 24.3 Å². The van der Waals surface area contributed by atoms with Crippen LogP contribution in [0.4, 0.5) is 0 Å². The summed E-state index contributed by atoms with van der Waals surface area (Å²) in [4.78, 5) is 0. The van der Waals surface area contributed by atoms with Gasteiger partial charge in [0.15, 0.2) is 0 Å². The molecule has 1 aromatic carbocycles. The molecule has 17 heavy (non-hydrogen) atoms. The van der Waals surface area contributed by atoms with Crippen molar-refractivity contribution >= 4 is 21.6 Å². The Morgan fingerprint density at radius 3 is 2.47 bits per heavy atom. The van der Waals surface area contributed by atoms with E-state index in [4.69, 9.17) is 16.7 Å². The van der Waals surface area contributed by atoms with E-state index in [1.165, 1.54) is 0 Å². The van der Waals surface area contributed by atoms with Crippen LogP contribution in [0.5, 0.6) is 0 Å². The Bertz CT molecular complexity index is 445. The van der Waals surface area contributed by atoms with Crippen LogP contribution in [0.1, 0.15) is 24.9 Å². The van der Waals surface area contributed by atoms with E-state index in [1.54, 1.807) is 0 Å². The van der Waals surface area contributed by atoms with Crippen molar-refractivity contribution in [3.63, 3.8) is 0 Å².